The van der Waals surface area contributed by atoms with E-state index in [1.54, 1.807) is 0 Å². The molecule has 1 heterocycles. The minimum atomic E-state index is -4.00. The topological polar surface area (TPSA) is 157 Å². The smallest absolute Gasteiger partial charge is 0.264 e. The van der Waals surface area contributed by atoms with Crippen LogP contribution in [0.4, 0.5) is 0 Å². The molecule has 1 saturated heterocycles. The molecule has 1 fully saturated rings. The second-order valence-electron chi connectivity index (χ2n) is 4.30. The average Bonchev–Trinajstić information content (AvgIpc) is 2.25. The normalized spacial score (nSPS) is 36.0. The zero-order valence-corrected chi connectivity index (χ0v) is 12.2. The van der Waals surface area contributed by atoms with Crippen molar-refractivity contribution in [1.82, 2.24) is 0 Å². The van der Waals surface area contributed by atoms with Crippen LogP contribution < -0.4 is 0 Å². The Morgan fingerprint density at radius 3 is 2.00 bits per heavy atom. The molecule has 5 atom stereocenters. The lowest BCUT2D eigenvalue weighted by molar-refractivity contribution is -0.278. The summed E-state index contributed by atoms with van der Waals surface area (Å²) in [6.07, 6.45) is -7.02. The molecule has 0 saturated carbocycles. The maximum absolute atomic E-state index is 11.0. The summed E-state index contributed by atoms with van der Waals surface area (Å²) in [7, 11) is -7.81. The third-order valence-corrected chi connectivity index (χ3v) is 3.53. The zero-order chi connectivity index (χ0) is 15.7. The van der Waals surface area contributed by atoms with Crippen molar-refractivity contribution in [2.45, 2.75) is 30.7 Å². The van der Waals surface area contributed by atoms with E-state index in [1.807, 2.05) is 0 Å². The largest absolute Gasteiger partial charge is 0.387 e. The second kappa shape index (κ2) is 6.19. The van der Waals surface area contributed by atoms with E-state index >= 15 is 0 Å². The first-order chi connectivity index (χ1) is 8.91. The van der Waals surface area contributed by atoms with Crippen molar-refractivity contribution in [3.05, 3.63) is 0 Å². The van der Waals surface area contributed by atoms with E-state index in [9.17, 15) is 32.2 Å². The number of rotatable bonds is 5. The van der Waals surface area contributed by atoms with Gasteiger partial charge in [0, 0.05) is 0 Å². The van der Waals surface area contributed by atoms with E-state index in [2.05, 4.69) is 8.37 Å². The molecule has 1 aliphatic heterocycles. The predicted octanol–water partition coefficient (Wildman–Crippen LogP) is -3.25. The fraction of sp³-hybridized carbons (Fsp3) is 1.00. The van der Waals surface area contributed by atoms with Gasteiger partial charge in [0.1, 0.15) is 18.3 Å². The predicted molar refractivity (Wildman–Crippen MR) is 63.4 cm³/mol. The van der Waals surface area contributed by atoms with Gasteiger partial charge in [-0.15, -0.1) is 0 Å². The Kier molecular flexibility index (Phi) is 5.48. The van der Waals surface area contributed by atoms with Gasteiger partial charge in [-0.1, -0.05) is 0 Å². The van der Waals surface area contributed by atoms with Gasteiger partial charge in [-0.05, 0) is 0 Å². The van der Waals surface area contributed by atoms with E-state index < -0.39 is 57.5 Å². The van der Waals surface area contributed by atoms with E-state index in [-0.39, 0.29) is 0 Å². The monoisotopic (exact) mass is 336 g/mol. The van der Waals surface area contributed by atoms with Crippen molar-refractivity contribution in [1.29, 1.82) is 0 Å². The number of aliphatic hydroxyl groups excluding tert-OH is 3. The van der Waals surface area contributed by atoms with Crippen molar-refractivity contribution in [2.24, 2.45) is 0 Å². The van der Waals surface area contributed by atoms with Gasteiger partial charge in [-0.3, -0.25) is 8.37 Å². The van der Waals surface area contributed by atoms with E-state index in [4.69, 9.17) is 4.74 Å². The standard InChI is InChI=1S/C8H16O10S2/c1-19(12,13)16-3-4-5(9)6(10)7(8(11)17-4)18-20(2,14)15/h4-11H,3H2,1-2H3/t4-,5+,6+,7-,8+/m0/s1. The molecule has 0 bridgehead atoms. The molecule has 0 amide bonds. The Balaban J connectivity index is 2.76. The molecule has 0 unspecified atom stereocenters. The van der Waals surface area contributed by atoms with Gasteiger partial charge in [0.05, 0.1) is 19.1 Å². The lowest BCUT2D eigenvalue weighted by Crippen LogP contribution is -2.59. The Labute approximate surface area is 116 Å². The molecule has 0 radical (unpaired) electrons. The summed E-state index contributed by atoms with van der Waals surface area (Å²) >= 11 is 0. The highest BCUT2D eigenvalue weighted by molar-refractivity contribution is 7.86. The van der Waals surface area contributed by atoms with Gasteiger partial charge in [0.15, 0.2) is 12.4 Å². The van der Waals surface area contributed by atoms with Crippen LogP contribution in [-0.4, -0.2) is 82.0 Å². The van der Waals surface area contributed by atoms with Crippen LogP contribution in [0.5, 0.6) is 0 Å². The number of hydrogen-bond acceptors (Lipinski definition) is 10. The van der Waals surface area contributed by atoms with Gasteiger partial charge in [-0.2, -0.15) is 16.8 Å². The third kappa shape index (κ3) is 5.21. The molecule has 10 nitrogen and oxygen atoms in total. The van der Waals surface area contributed by atoms with Gasteiger partial charge in [-0.25, -0.2) is 0 Å². The molecule has 12 heteroatoms. The highest BCUT2D eigenvalue weighted by Gasteiger charge is 2.46. The molecular weight excluding hydrogens is 320 g/mol. The molecule has 1 rings (SSSR count). The Morgan fingerprint density at radius 1 is 1.00 bits per heavy atom. The van der Waals surface area contributed by atoms with Crippen molar-refractivity contribution < 1.29 is 45.3 Å². The lowest BCUT2D eigenvalue weighted by atomic mass is 9.99. The summed E-state index contributed by atoms with van der Waals surface area (Å²) < 4.78 is 57.1. The molecule has 20 heavy (non-hydrogen) atoms. The Hall–Kier alpha value is -0.340. The van der Waals surface area contributed by atoms with Gasteiger partial charge in [0.25, 0.3) is 20.2 Å². The molecule has 0 aromatic heterocycles. The average molecular weight is 336 g/mol. The summed E-state index contributed by atoms with van der Waals surface area (Å²) in [5.41, 5.74) is 0. The highest BCUT2D eigenvalue weighted by atomic mass is 32.2. The summed E-state index contributed by atoms with van der Waals surface area (Å²) in [6, 6.07) is 0. The van der Waals surface area contributed by atoms with Crippen LogP contribution in [0.15, 0.2) is 0 Å². The summed E-state index contributed by atoms with van der Waals surface area (Å²) in [5, 5.41) is 28.9. The van der Waals surface area contributed by atoms with Gasteiger partial charge >= 0.3 is 0 Å². The molecule has 3 N–H and O–H groups in total. The minimum absolute atomic E-state index is 0.653. The maximum atomic E-state index is 11.0. The molecule has 0 spiro atoms. The SMILES string of the molecule is CS(=O)(=O)OC[C@@H]1O[C@@H](O)[C@@H](OS(C)(=O)=O)[C@H](O)[C@@H]1O. The van der Waals surface area contributed by atoms with Crippen molar-refractivity contribution in [3.8, 4) is 0 Å². The Morgan fingerprint density at radius 2 is 1.55 bits per heavy atom. The van der Waals surface area contributed by atoms with Crippen LogP contribution in [0.3, 0.4) is 0 Å². The lowest BCUT2D eigenvalue weighted by Gasteiger charge is -2.39. The van der Waals surface area contributed by atoms with E-state index in [1.165, 1.54) is 0 Å². The van der Waals surface area contributed by atoms with Crippen LogP contribution >= 0.6 is 0 Å². The number of hydrogen-bond donors (Lipinski definition) is 3. The molecule has 0 aliphatic carbocycles. The number of ether oxygens (including phenoxy) is 1. The van der Waals surface area contributed by atoms with Crippen molar-refractivity contribution >= 4 is 20.2 Å². The van der Waals surface area contributed by atoms with E-state index in [0.29, 0.717) is 6.26 Å². The summed E-state index contributed by atoms with van der Waals surface area (Å²) in [5.74, 6) is 0. The van der Waals surface area contributed by atoms with Crippen LogP contribution in [0.1, 0.15) is 0 Å². The maximum Gasteiger partial charge on any atom is 0.264 e. The molecule has 0 aromatic rings. The number of aliphatic hydroxyl groups is 3. The van der Waals surface area contributed by atoms with Crippen molar-refractivity contribution in [2.75, 3.05) is 19.1 Å². The fourth-order valence-electron chi connectivity index (χ4n) is 1.55. The second-order valence-corrected chi connectivity index (χ2v) is 7.54. The quantitative estimate of drug-likeness (QED) is 0.435. The zero-order valence-electron chi connectivity index (χ0n) is 10.6. The molecule has 1 aliphatic rings. The molecule has 120 valence electrons. The van der Waals surface area contributed by atoms with Gasteiger partial charge < -0.3 is 20.1 Å². The van der Waals surface area contributed by atoms with Crippen LogP contribution in [0.2, 0.25) is 0 Å². The van der Waals surface area contributed by atoms with Crippen LogP contribution in [-0.2, 0) is 33.3 Å². The van der Waals surface area contributed by atoms with Crippen LogP contribution in [0.25, 0.3) is 0 Å². The highest BCUT2D eigenvalue weighted by Crippen LogP contribution is 2.23. The minimum Gasteiger partial charge on any atom is -0.387 e. The van der Waals surface area contributed by atoms with Crippen molar-refractivity contribution in [3.63, 3.8) is 0 Å². The van der Waals surface area contributed by atoms with Gasteiger partial charge in [0.2, 0.25) is 0 Å². The van der Waals surface area contributed by atoms with E-state index in [0.717, 1.165) is 6.26 Å². The summed E-state index contributed by atoms with van der Waals surface area (Å²) in [4.78, 5) is 0. The first-order valence-corrected chi connectivity index (χ1v) is 8.96. The fourth-order valence-corrected chi connectivity index (χ4v) is 2.55. The first-order valence-electron chi connectivity index (χ1n) is 5.33. The van der Waals surface area contributed by atoms with Crippen LogP contribution in [0, 0.1) is 0 Å². The Bertz CT molecular complexity index is 523. The summed E-state index contributed by atoms with van der Waals surface area (Å²) in [6.45, 7) is -0.653. The molecule has 0 aromatic carbocycles. The first kappa shape index (κ1) is 17.7. The third-order valence-electron chi connectivity index (χ3n) is 2.39. The molecular formula is C8H16O10S2.